The van der Waals surface area contributed by atoms with E-state index < -0.39 is 0 Å². The Kier molecular flexibility index (Phi) is 4.01. The lowest BCUT2D eigenvalue weighted by atomic mass is 10.1. The van der Waals surface area contributed by atoms with Gasteiger partial charge < -0.3 is 15.2 Å². The molecule has 2 heterocycles. The molecular formula is C16H20N4O. The molecule has 0 saturated carbocycles. The standard InChI is InChI=1S/C16H20N4O/c1-20-11-10-18-15(20)14(12-6-3-2-4-7-12)19-16(21)13-8-5-9-17-13/h2-4,6-7,10-11,13-14,17H,5,8-9H2,1H3,(H,19,21)/t13-,14?/m1/s1. The molecule has 110 valence electrons. The Balaban J connectivity index is 1.86. The Morgan fingerprint density at radius 2 is 2.24 bits per heavy atom. The van der Waals surface area contributed by atoms with Crippen molar-refractivity contribution in [1.82, 2.24) is 20.2 Å². The number of rotatable bonds is 4. The normalized spacial score (nSPS) is 19.4. The number of imidazole rings is 1. The zero-order valence-electron chi connectivity index (χ0n) is 12.1. The third-order valence-electron chi connectivity index (χ3n) is 3.91. The van der Waals surface area contributed by atoms with Gasteiger partial charge in [0, 0.05) is 19.4 Å². The van der Waals surface area contributed by atoms with E-state index in [4.69, 9.17) is 0 Å². The smallest absolute Gasteiger partial charge is 0.237 e. The number of amides is 1. The summed E-state index contributed by atoms with van der Waals surface area (Å²) in [6.45, 7) is 0.913. The summed E-state index contributed by atoms with van der Waals surface area (Å²) in [7, 11) is 1.94. The molecule has 2 atom stereocenters. The van der Waals surface area contributed by atoms with Gasteiger partial charge in [-0.05, 0) is 24.9 Å². The zero-order chi connectivity index (χ0) is 14.7. The molecule has 1 fully saturated rings. The largest absolute Gasteiger partial charge is 0.341 e. The summed E-state index contributed by atoms with van der Waals surface area (Å²) in [5, 5.41) is 6.37. The average Bonchev–Trinajstić information content (AvgIpc) is 3.17. The minimum absolute atomic E-state index is 0.0457. The van der Waals surface area contributed by atoms with Gasteiger partial charge in [-0.2, -0.15) is 0 Å². The van der Waals surface area contributed by atoms with Crippen LogP contribution < -0.4 is 10.6 Å². The molecule has 5 heteroatoms. The highest BCUT2D eigenvalue weighted by atomic mass is 16.2. The number of aromatic nitrogens is 2. The molecule has 0 spiro atoms. The van der Waals surface area contributed by atoms with Crippen LogP contribution in [0, 0.1) is 0 Å². The molecule has 3 rings (SSSR count). The van der Waals surface area contributed by atoms with Gasteiger partial charge in [0.05, 0.1) is 6.04 Å². The van der Waals surface area contributed by atoms with E-state index in [-0.39, 0.29) is 18.0 Å². The SMILES string of the molecule is Cn1ccnc1C(NC(=O)[C@H]1CCCN1)c1ccccc1. The fraction of sp³-hybridized carbons (Fsp3) is 0.375. The molecule has 1 unspecified atom stereocenters. The van der Waals surface area contributed by atoms with Gasteiger partial charge in [-0.3, -0.25) is 4.79 Å². The predicted octanol–water partition coefficient (Wildman–Crippen LogP) is 1.38. The zero-order valence-corrected chi connectivity index (χ0v) is 12.1. The summed E-state index contributed by atoms with van der Waals surface area (Å²) in [5.41, 5.74) is 1.04. The number of nitrogens with one attached hydrogen (secondary N) is 2. The van der Waals surface area contributed by atoms with Crippen LogP contribution in [0.2, 0.25) is 0 Å². The van der Waals surface area contributed by atoms with E-state index in [9.17, 15) is 4.79 Å². The molecule has 0 aliphatic carbocycles. The molecule has 1 aromatic heterocycles. The van der Waals surface area contributed by atoms with E-state index in [0.29, 0.717) is 0 Å². The molecule has 1 saturated heterocycles. The summed E-state index contributed by atoms with van der Waals surface area (Å²) in [4.78, 5) is 16.8. The van der Waals surface area contributed by atoms with E-state index in [1.807, 2.05) is 48.1 Å². The van der Waals surface area contributed by atoms with Gasteiger partial charge in [-0.25, -0.2) is 4.98 Å². The molecule has 1 aliphatic heterocycles. The number of aryl methyl sites for hydroxylation is 1. The molecular weight excluding hydrogens is 264 g/mol. The quantitative estimate of drug-likeness (QED) is 0.891. The fourth-order valence-electron chi connectivity index (χ4n) is 2.75. The maximum Gasteiger partial charge on any atom is 0.237 e. The van der Waals surface area contributed by atoms with Crippen molar-refractivity contribution in [2.24, 2.45) is 7.05 Å². The van der Waals surface area contributed by atoms with E-state index >= 15 is 0 Å². The molecule has 0 bridgehead atoms. The third kappa shape index (κ3) is 2.97. The molecule has 2 N–H and O–H groups in total. The van der Waals surface area contributed by atoms with Crippen LogP contribution in [0.3, 0.4) is 0 Å². The number of nitrogens with zero attached hydrogens (tertiary/aromatic N) is 2. The maximum atomic E-state index is 12.4. The maximum absolute atomic E-state index is 12.4. The van der Waals surface area contributed by atoms with Gasteiger partial charge in [0.25, 0.3) is 0 Å². The second kappa shape index (κ2) is 6.10. The lowest BCUT2D eigenvalue weighted by Crippen LogP contribution is -2.42. The predicted molar refractivity (Wildman–Crippen MR) is 80.7 cm³/mol. The van der Waals surface area contributed by atoms with Crippen LogP contribution in [0.15, 0.2) is 42.7 Å². The van der Waals surface area contributed by atoms with E-state index in [0.717, 1.165) is 30.8 Å². The van der Waals surface area contributed by atoms with Crippen molar-refractivity contribution in [3.05, 3.63) is 54.1 Å². The van der Waals surface area contributed by atoms with Gasteiger partial charge in [0.1, 0.15) is 11.9 Å². The van der Waals surface area contributed by atoms with Crippen molar-refractivity contribution in [3.8, 4) is 0 Å². The van der Waals surface area contributed by atoms with Gasteiger partial charge in [0.2, 0.25) is 5.91 Å². The number of carbonyl (C=O) groups is 1. The highest BCUT2D eigenvalue weighted by Gasteiger charge is 2.27. The average molecular weight is 284 g/mol. The van der Waals surface area contributed by atoms with Crippen molar-refractivity contribution in [2.45, 2.75) is 24.9 Å². The Morgan fingerprint density at radius 1 is 1.43 bits per heavy atom. The van der Waals surface area contributed by atoms with E-state index in [2.05, 4.69) is 15.6 Å². The molecule has 1 aliphatic rings. The second-order valence-corrected chi connectivity index (χ2v) is 5.40. The number of carbonyl (C=O) groups excluding carboxylic acids is 1. The van der Waals surface area contributed by atoms with Crippen molar-refractivity contribution in [1.29, 1.82) is 0 Å². The summed E-state index contributed by atoms with van der Waals surface area (Å²) in [5.74, 6) is 0.886. The van der Waals surface area contributed by atoms with Crippen LogP contribution in [-0.2, 0) is 11.8 Å². The van der Waals surface area contributed by atoms with Crippen LogP contribution in [-0.4, -0.2) is 28.0 Å². The van der Waals surface area contributed by atoms with Crippen LogP contribution in [0.4, 0.5) is 0 Å². The van der Waals surface area contributed by atoms with Gasteiger partial charge in [-0.1, -0.05) is 30.3 Å². The first-order valence-corrected chi connectivity index (χ1v) is 7.31. The van der Waals surface area contributed by atoms with Crippen LogP contribution >= 0.6 is 0 Å². The molecule has 0 radical (unpaired) electrons. The third-order valence-corrected chi connectivity index (χ3v) is 3.91. The monoisotopic (exact) mass is 284 g/mol. The Morgan fingerprint density at radius 3 is 2.86 bits per heavy atom. The Hall–Kier alpha value is -2.14. The topological polar surface area (TPSA) is 59.0 Å². The van der Waals surface area contributed by atoms with Gasteiger partial charge >= 0.3 is 0 Å². The second-order valence-electron chi connectivity index (χ2n) is 5.40. The molecule has 5 nitrogen and oxygen atoms in total. The Bertz CT molecular complexity index is 602. The van der Waals surface area contributed by atoms with Gasteiger partial charge in [0.15, 0.2) is 0 Å². The van der Waals surface area contributed by atoms with Gasteiger partial charge in [-0.15, -0.1) is 0 Å². The fourth-order valence-corrected chi connectivity index (χ4v) is 2.75. The summed E-state index contributed by atoms with van der Waals surface area (Å²) in [6.07, 6.45) is 5.60. The number of hydrogen-bond donors (Lipinski definition) is 2. The lowest BCUT2D eigenvalue weighted by Gasteiger charge is -2.21. The first kappa shape index (κ1) is 13.8. The first-order chi connectivity index (χ1) is 10.3. The first-order valence-electron chi connectivity index (χ1n) is 7.31. The summed E-state index contributed by atoms with van der Waals surface area (Å²) >= 11 is 0. The minimum Gasteiger partial charge on any atom is -0.341 e. The van der Waals surface area contributed by atoms with Crippen molar-refractivity contribution >= 4 is 5.91 Å². The molecule has 1 amide bonds. The summed E-state index contributed by atoms with van der Waals surface area (Å²) < 4.78 is 1.94. The molecule has 21 heavy (non-hydrogen) atoms. The van der Waals surface area contributed by atoms with Crippen LogP contribution in [0.25, 0.3) is 0 Å². The van der Waals surface area contributed by atoms with Crippen LogP contribution in [0.5, 0.6) is 0 Å². The number of benzene rings is 1. The molecule has 1 aromatic carbocycles. The van der Waals surface area contributed by atoms with Crippen molar-refractivity contribution < 1.29 is 4.79 Å². The molecule has 2 aromatic rings. The number of hydrogen-bond acceptors (Lipinski definition) is 3. The Labute approximate surface area is 124 Å². The van der Waals surface area contributed by atoms with Crippen molar-refractivity contribution in [2.75, 3.05) is 6.54 Å². The van der Waals surface area contributed by atoms with Crippen molar-refractivity contribution in [3.63, 3.8) is 0 Å². The van der Waals surface area contributed by atoms with Crippen LogP contribution in [0.1, 0.15) is 30.3 Å². The van der Waals surface area contributed by atoms with E-state index in [1.165, 1.54) is 0 Å². The van der Waals surface area contributed by atoms with E-state index in [1.54, 1.807) is 6.20 Å². The minimum atomic E-state index is -0.221. The highest BCUT2D eigenvalue weighted by Crippen LogP contribution is 2.20. The summed E-state index contributed by atoms with van der Waals surface area (Å²) in [6, 6.07) is 9.65. The highest BCUT2D eigenvalue weighted by molar-refractivity contribution is 5.82. The lowest BCUT2D eigenvalue weighted by molar-refractivity contribution is -0.123.